The Bertz CT molecular complexity index is 636. The number of hydrogen-bond donors (Lipinski definition) is 2. The first-order valence-electron chi connectivity index (χ1n) is 8.05. The lowest BCUT2D eigenvalue weighted by molar-refractivity contribution is 0.722. The Balaban J connectivity index is 1.57. The zero-order chi connectivity index (χ0) is 16.1. The molecule has 0 bridgehead atoms. The molecule has 0 amide bonds. The maximum atomic E-state index is 5.37. The molecule has 1 atom stereocenters. The minimum Gasteiger partial charge on any atom is -0.372 e. The van der Waals surface area contributed by atoms with Crippen LogP contribution in [0.4, 0.5) is 11.4 Å². The van der Waals surface area contributed by atoms with Crippen molar-refractivity contribution in [3.63, 3.8) is 0 Å². The molecule has 0 spiro atoms. The Morgan fingerprint density at radius 2 is 1.91 bits per heavy atom. The molecule has 0 radical (unpaired) electrons. The van der Waals surface area contributed by atoms with E-state index in [1.54, 1.807) is 12.4 Å². The standard InChI is InChI=1S/C18H22N4S/c1-14(20-18(23)21-16-5-4-10-19-13-16)15-6-8-17(9-7-15)22-11-2-3-12-22/h4-10,13-14H,2-3,11-12H2,1H3,(H2,20,21,23)/t14-/m1/s1. The molecule has 3 rings (SSSR count). The molecule has 2 aromatic rings. The van der Waals surface area contributed by atoms with Gasteiger partial charge >= 0.3 is 0 Å². The van der Waals surface area contributed by atoms with Gasteiger partial charge in [0.2, 0.25) is 0 Å². The van der Waals surface area contributed by atoms with Crippen molar-refractivity contribution in [3.8, 4) is 0 Å². The van der Waals surface area contributed by atoms with Gasteiger partial charge in [-0.1, -0.05) is 12.1 Å². The lowest BCUT2D eigenvalue weighted by Crippen LogP contribution is -2.30. The zero-order valence-corrected chi connectivity index (χ0v) is 14.1. The Kier molecular flexibility index (Phi) is 5.08. The van der Waals surface area contributed by atoms with Crippen LogP contribution in [0.3, 0.4) is 0 Å². The molecule has 1 fully saturated rings. The van der Waals surface area contributed by atoms with Crippen molar-refractivity contribution in [1.82, 2.24) is 10.3 Å². The molecule has 1 aromatic heterocycles. The van der Waals surface area contributed by atoms with Crippen molar-refractivity contribution in [1.29, 1.82) is 0 Å². The summed E-state index contributed by atoms with van der Waals surface area (Å²) in [6.07, 6.45) is 6.09. The van der Waals surface area contributed by atoms with E-state index in [4.69, 9.17) is 12.2 Å². The molecule has 0 aliphatic carbocycles. The average Bonchev–Trinajstić information content (AvgIpc) is 3.10. The van der Waals surface area contributed by atoms with Crippen LogP contribution in [0.25, 0.3) is 0 Å². The summed E-state index contributed by atoms with van der Waals surface area (Å²) >= 11 is 5.37. The molecule has 1 aliphatic rings. The minimum absolute atomic E-state index is 0.152. The molecule has 120 valence electrons. The average molecular weight is 326 g/mol. The second kappa shape index (κ2) is 7.42. The summed E-state index contributed by atoms with van der Waals surface area (Å²) < 4.78 is 0. The highest BCUT2D eigenvalue weighted by Crippen LogP contribution is 2.22. The van der Waals surface area contributed by atoms with E-state index in [1.807, 2.05) is 12.1 Å². The van der Waals surface area contributed by atoms with E-state index < -0.39 is 0 Å². The van der Waals surface area contributed by atoms with Gasteiger partial charge in [0.05, 0.1) is 17.9 Å². The van der Waals surface area contributed by atoms with Crippen LogP contribution in [0.15, 0.2) is 48.8 Å². The number of benzene rings is 1. The molecule has 1 aromatic carbocycles. The van der Waals surface area contributed by atoms with Crippen molar-refractivity contribution >= 4 is 28.7 Å². The minimum atomic E-state index is 0.152. The summed E-state index contributed by atoms with van der Waals surface area (Å²) in [5.74, 6) is 0. The van der Waals surface area contributed by atoms with Crippen LogP contribution in [0.5, 0.6) is 0 Å². The van der Waals surface area contributed by atoms with E-state index in [0.29, 0.717) is 5.11 Å². The fourth-order valence-electron chi connectivity index (χ4n) is 2.83. The van der Waals surface area contributed by atoms with Crippen molar-refractivity contribution < 1.29 is 0 Å². The first-order valence-corrected chi connectivity index (χ1v) is 8.45. The maximum absolute atomic E-state index is 5.37. The van der Waals surface area contributed by atoms with Crippen LogP contribution in [-0.4, -0.2) is 23.2 Å². The lowest BCUT2D eigenvalue weighted by atomic mass is 10.1. The normalized spacial score (nSPS) is 15.3. The van der Waals surface area contributed by atoms with Crippen LogP contribution in [0.2, 0.25) is 0 Å². The van der Waals surface area contributed by atoms with Gasteiger partial charge in [-0.05, 0) is 61.8 Å². The van der Waals surface area contributed by atoms with Gasteiger partial charge in [0.1, 0.15) is 0 Å². The third-order valence-corrected chi connectivity index (χ3v) is 4.35. The molecule has 2 heterocycles. The van der Waals surface area contributed by atoms with Crippen molar-refractivity contribution in [2.24, 2.45) is 0 Å². The van der Waals surface area contributed by atoms with E-state index in [9.17, 15) is 0 Å². The van der Waals surface area contributed by atoms with Gasteiger partial charge in [-0.2, -0.15) is 0 Å². The van der Waals surface area contributed by atoms with E-state index in [2.05, 4.69) is 51.7 Å². The predicted molar refractivity (Wildman–Crippen MR) is 99.9 cm³/mol. The van der Waals surface area contributed by atoms with Gasteiger partial charge in [-0.15, -0.1) is 0 Å². The number of pyridine rings is 1. The Hall–Kier alpha value is -2.14. The molecule has 23 heavy (non-hydrogen) atoms. The molecule has 0 unspecified atom stereocenters. The summed E-state index contributed by atoms with van der Waals surface area (Å²) in [5.41, 5.74) is 3.43. The Morgan fingerprint density at radius 1 is 1.17 bits per heavy atom. The number of anilines is 2. The smallest absolute Gasteiger partial charge is 0.171 e. The molecule has 4 nitrogen and oxygen atoms in total. The first kappa shape index (κ1) is 15.7. The van der Waals surface area contributed by atoms with Gasteiger partial charge in [0, 0.05) is 25.0 Å². The van der Waals surface area contributed by atoms with Crippen molar-refractivity contribution in [2.45, 2.75) is 25.8 Å². The topological polar surface area (TPSA) is 40.2 Å². The monoisotopic (exact) mass is 326 g/mol. The summed E-state index contributed by atoms with van der Waals surface area (Å²) in [7, 11) is 0. The highest BCUT2D eigenvalue weighted by molar-refractivity contribution is 7.80. The lowest BCUT2D eigenvalue weighted by Gasteiger charge is -2.20. The number of hydrogen-bond acceptors (Lipinski definition) is 3. The van der Waals surface area contributed by atoms with E-state index in [0.717, 1.165) is 5.69 Å². The van der Waals surface area contributed by atoms with Gasteiger partial charge in [-0.25, -0.2) is 0 Å². The largest absolute Gasteiger partial charge is 0.372 e. The SMILES string of the molecule is C[C@@H](NC(=S)Nc1cccnc1)c1ccc(N2CCCC2)cc1. The number of nitrogens with zero attached hydrogens (tertiary/aromatic N) is 2. The molecular weight excluding hydrogens is 304 g/mol. The quantitative estimate of drug-likeness (QED) is 0.838. The summed E-state index contributed by atoms with van der Waals surface area (Å²) in [6.45, 7) is 4.46. The summed E-state index contributed by atoms with van der Waals surface area (Å²) in [6, 6.07) is 12.7. The van der Waals surface area contributed by atoms with E-state index in [1.165, 1.54) is 37.2 Å². The molecule has 1 aliphatic heterocycles. The highest BCUT2D eigenvalue weighted by atomic mass is 32.1. The number of thiocarbonyl (C=S) groups is 1. The van der Waals surface area contributed by atoms with Gasteiger partial charge in [0.15, 0.2) is 5.11 Å². The van der Waals surface area contributed by atoms with Crippen LogP contribution in [0, 0.1) is 0 Å². The van der Waals surface area contributed by atoms with Crippen LogP contribution in [0.1, 0.15) is 31.4 Å². The van der Waals surface area contributed by atoms with Crippen molar-refractivity contribution in [2.75, 3.05) is 23.3 Å². The molecule has 2 N–H and O–H groups in total. The zero-order valence-electron chi connectivity index (χ0n) is 13.3. The summed E-state index contributed by atoms with van der Waals surface area (Å²) in [4.78, 5) is 6.51. The third kappa shape index (κ3) is 4.20. The third-order valence-electron chi connectivity index (χ3n) is 4.13. The number of nitrogens with one attached hydrogen (secondary N) is 2. The first-order chi connectivity index (χ1) is 11.2. The maximum Gasteiger partial charge on any atom is 0.171 e. The highest BCUT2D eigenvalue weighted by Gasteiger charge is 2.13. The van der Waals surface area contributed by atoms with Crippen LogP contribution < -0.4 is 15.5 Å². The van der Waals surface area contributed by atoms with Gasteiger partial charge in [0.25, 0.3) is 0 Å². The fourth-order valence-corrected chi connectivity index (χ4v) is 3.13. The van der Waals surface area contributed by atoms with Crippen LogP contribution >= 0.6 is 12.2 Å². The van der Waals surface area contributed by atoms with Gasteiger partial charge < -0.3 is 15.5 Å². The second-order valence-corrected chi connectivity index (χ2v) is 6.26. The molecular formula is C18H22N4S. The van der Waals surface area contributed by atoms with E-state index >= 15 is 0 Å². The van der Waals surface area contributed by atoms with Crippen LogP contribution in [-0.2, 0) is 0 Å². The summed E-state index contributed by atoms with van der Waals surface area (Å²) in [5, 5.41) is 7.07. The van der Waals surface area contributed by atoms with E-state index in [-0.39, 0.29) is 6.04 Å². The molecule has 1 saturated heterocycles. The second-order valence-electron chi connectivity index (χ2n) is 5.85. The Labute approximate surface area is 142 Å². The van der Waals surface area contributed by atoms with Gasteiger partial charge in [-0.3, -0.25) is 4.98 Å². The van der Waals surface area contributed by atoms with Crippen molar-refractivity contribution in [3.05, 3.63) is 54.4 Å². The molecule has 5 heteroatoms. The predicted octanol–water partition coefficient (Wildman–Crippen LogP) is 3.73. The molecule has 0 saturated carbocycles. The number of rotatable bonds is 4. The number of aromatic nitrogens is 1. The fraction of sp³-hybridized carbons (Fsp3) is 0.333. The Morgan fingerprint density at radius 3 is 2.57 bits per heavy atom.